The highest BCUT2D eigenvalue weighted by Crippen LogP contribution is 2.35. The van der Waals surface area contributed by atoms with Gasteiger partial charge in [0.2, 0.25) is 0 Å². The minimum absolute atomic E-state index is 0.166. The molecule has 0 bridgehead atoms. The number of nitrogens with zero attached hydrogens (tertiary/aromatic N) is 2. The van der Waals surface area contributed by atoms with Crippen LogP contribution in [0.4, 0.5) is 10.1 Å². The fourth-order valence-electron chi connectivity index (χ4n) is 2.76. The van der Waals surface area contributed by atoms with Gasteiger partial charge in [0.1, 0.15) is 0 Å². The van der Waals surface area contributed by atoms with Crippen LogP contribution < -0.4 is 4.90 Å². The zero-order valence-electron chi connectivity index (χ0n) is 11.8. The molecular weight excluding hydrogens is 251 g/mol. The number of allylic oxidation sites excluding steroid dienone is 1. The first kappa shape index (κ1) is 13.1. The first-order valence-corrected chi connectivity index (χ1v) is 6.95. The summed E-state index contributed by atoms with van der Waals surface area (Å²) in [6, 6.07) is 10.4. The average Bonchev–Trinajstić information content (AvgIpc) is 2.44. The maximum atomic E-state index is 12.8. The Kier molecular flexibility index (Phi) is 3.20. The summed E-state index contributed by atoms with van der Waals surface area (Å²) >= 11 is 0. The van der Waals surface area contributed by atoms with Crippen LogP contribution in [0, 0.1) is 5.41 Å². The number of alkyl halides is 1. The van der Waals surface area contributed by atoms with E-state index in [0.29, 0.717) is 0 Å². The van der Waals surface area contributed by atoms with E-state index in [9.17, 15) is 4.39 Å². The van der Waals surface area contributed by atoms with Crippen molar-refractivity contribution in [2.75, 3.05) is 24.7 Å². The van der Waals surface area contributed by atoms with E-state index < -0.39 is 0 Å². The van der Waals surface area contributed by atoms with Crippen LogP contribution in [-0.2, 0) is 6.42 Å². The topological polar surface area (TPSA) is 16.1 Å². The maximum Gasteiger partial charge on any atom is 0.0981 e. The van der Waals surface area contributed by atoms with Crippen LogP contribution in [0.1, 0.15) is 12.6 Å². The van der Waals surface area contributed by atoms with E-state index >= 15 is 0 Å². The summed E-state index contributed by atoms with van der Waals surface area (Å²) in [4.78, 5) is 6.82. The number of hydrogen-bond donors (Lipinski definition) is 0. The third kappa shape index (κ3) is 2.28. The zero-order valence-corrected chi connectivity index (χ0v) is 11.8. The third-order valence-electron chi connectivity index (χ3n) is 3.92. The molecule has 1 saturated heterocycles. The molecule has 1 aromatic heterocycles. The minimum atomic E-state index is -0.246. The highest BCUT2D eigenvalue weighted by Gasteiger charge is 2.38. The van der Waals surface area contributed by atoms with Gasteiger partial charge in [-0.15, -0.1) is 6.58 Å². The molecular formula is C17H19FN2. The average molecular weight is 270 g/mol. The second-order valence-corrected chi connectivity index (χ2v) is 5.97. The van der Waals surface area contributed by atoms with Crippen molar-refractivity contribution in [2.45, 2.75) is 13.3 Å². The monoisotopic (exact) mass is 270 g/mol. The Hall–Kier alpha value is -1.90. The smallest absolute Gasteiger partial charge is 0.0981 e. The van der Waals surface area contributed by atoms with Gasteiger partial charge in [-0.3, -0.25) is 9.37 Å². The Balaban J connectivity index is 1.85. The van der Waals surface area contributed by atoms with Crippen molar-refractivity contribution in [3.8, 4) is 0 Å². The molecule has 2 aromatic rings. The maximum absolute atomic E-state index is 12.8. The summed E-state index contributed by atoms with van der Waals surface area (Å²) in [6.07, 6.45) is 2.65. The molecule has 0 amide bonds. The van der Waals surface area contributed by atoms with Crippen molar-refractivity contribution in [1.82, 2.24) is 4.98 Å². The van der Waals surface area contributed by atoms with E-state index in [4.69, 9.17) is 0 Å². The molecule has 104 valence electrons. The molecule has 3 heteroatoms. The van der Waals surface area contributed by atoms with Crippen LogP contribution in [0.5, 0.6) is 0 Å². The van der Waals surface area contributed by atoms with Gasteiger partial charge in [0, 0.05) is 41.7 Å². The SMILES string of the molecule is C=CCc1ccc2cc(N3CC(C)(CF)C3)ccc2n1. The number of benzene rings is 1. The van der Waals surface area contributed by atoms with E-state index in [1.165, 1.54) is 0 Å². The number of fused-ring (bicyclic) bond motifs is 1. The standard InChI is InChI=1S/C17H19FN2/c1-3-4-14-6-5-13-9-15(7-8-16(13)19-14)20-11-17(2,10-18)12-20/h3,5-9H,1,4,10-12H2,2H3. The Labute approximate surface area is 118 Å². The Morgan fingerprint density at radius 1 is 1.35 bits per heavy atom. The molecule has 0 N–H and O–H groups in total. The highest BCUT2D eigenvalue weighted by atomic mass is 19.1. The van der Waals surface area contributed by atoms with Crippen LogP contribution in [0.25, 0.3) is 10.9 Å². The van der Waals surface area contributed by atoms with Crippen molar-refractivity contribution in [1.29, 1.82) is 0 Å². The summed E-state index contributed by atoms with van der Waals surface area (Å²) in [5.74, 6) is 0. The van der Waals surface area contributed by atoms with Crippen LogP contribution in [0.3, 0.4) is 0 Å². The van der Waals surface area contributed by atoms with Crippen molar-refractivity contribution in [3.05, 3.63) is 48.7 Å². The molecule has 2 heterocycles. The molecule has 3 rings (SSSR count). The summed E-state index contributed by atoms with van der Waals surface area (Å²) < 4.78 is 12.8. The molecule has 0 saturated carbocycles. The molecule has 20 heavy (non-hydrogen) atoms. The lowest BCUT2D eigenvalue weighted by Gasteiger charge is -2.48. The lowest BCUT2D eigenvalue weighted by molar-refractivity contribution is 0.179. The van der Waals surface area contributed by atoms with Crippen molar-refractivity contribution in [2.24, 2.45) is 5.41 Å². The molecule has 1 aromatic carbocycles. The molecule has 1 aliphatic heterocycles. The van der Waals surface area contributed by atoms with Gasteiger partial charge >= 0.3 is 0 Å². The lowest BCUT2D eigenvalue weighted by Crippen LogP contribution is -2.56. The molecule has 0 radical (unpaired) electrons. The van der Waals surface area contributed by atoms with Gasteiger partial charge < -0.3 is 4.90 Å². The highest BCUT2D eigenvalue weighted by molar-refractivity contribution is 5.83. The van der Waals surface area contributed by atoms with Crippen LogP contribution in [0.15, 0.2) is 43.0 Å². The predicted molar refractivity (Wildman–Crippen MR) is 81.9 cm³/mol. The van der Waals surface area contributed by atoms with Crippen LogP contribution in [-0.4, -0.2) is 24.7 Å². The number of halogens is 1. The van der Waals surface area contributed by atoms with Gasteiger partial charge in [0.05, 0.1) is 12.2 Å². The van der Waals surface area contributed by atoms with E-state index in [1.807, 2.05) is 25.1 Å². The number of hydrogen-bond acceptors (Lipinski definition) is 2. The molecule has 0 unspecified atom stereocenters. The zero-order chi connectivity index (χ0) is 14.2. The van der Waals surface area contributed by atoms with Crippen LogP contribution in [0.2, 0.25) is 0 Å². The van der Waals surface area contributed by atoms with E-state index in [0.717, 1.165) is 41.8 Å². The fourth-order valence-corrected chi connectivity index (χ4v) is 2.76. The second kappa shape index (κ2) is 4.89. The molecule has 0 aliphatic carbocycles. The molecule has 2 nitrogen and oxygen atoms in total. The number of aromatic nitrogens is 1. The van der Waals surface area contributed by atoms with Gasteiger partial charge in [0.15, 0.2) is 0 Å². The lowest BCUT2D eigenvalue weighted by atomic mass is 9.83. The van der Waals surface area contributed by atoms with Gasteiger partial charge in [-0.1, -0.05) is 19.1 Å². The predicted octanol–water partition coefficient (Wildman–Crippen LogP) is 3.76. The fraction of sp³-hybridized carbons (Fsp3) is 0.353. The Morgan fingerprint density at radius 2 is 2.15 bits per heavy atom. The molecule has 1 aliphatic rings. The first-order chi connectivity index (χ1) is 9.63. The van der Waals surface area contributed by atoms with Gasteiger partial charge in [-0.25, -0.2) is 0 Å². The number of pyridine rings is 1. The van der Waals surface area contributed by atoms with E-state index in [-0.39, 0.29) is 12.1 Å². The van der Waals surface area contributed by atoms with E-state index in [1.54, 1.807) is 0 Å². The summed E-state index contributed by atoms with van der Waals surface area (Å²) in [6.45, 7) is 7.06. The number of anilines is 1. The Bertz CT molecular complexity index is 644. The van der Waals surface area contributed by atoms with Crippen molar-refractivity contribution >= 4 is 16.6 Å². The van der Waals surface area contributed by atoms with Crippen molar-refractivity contribution < 1.29 is 4.39 Å². The molecule has 1 fully saturated rings. The molecule has 0 atom stereocenters. The number of rotatable bonds is 4. The first-order valence-electron chi connectivity index (χ1n) is 6.95. The second-order valence-electron chi connectivity index (χ2n) is 5.97. The van der Waals surface area contributed by atoms with Crippen molar-refractivity contribution in [3.63, 3.8) is 0 Å². The van der Waals surface area contributed by atoms with Gasteiger partial charge in [-0.2, -0.15) is 0 Å². The largest absolute Gasteiger partial charge is 0.370 e. The van der Waals surface area contributed by atoms with Gasteiger partial charge in [0.25, 0.3) is 0 Å². The summed E-state index contributed by atoms with van der Waals surface area (Å²) in [5.41, 5.74) is 3.03. The van der Waals surface area contributed by atoms with Gasteiger partial charge in [-0.05, 0) is 24.3 Å². The summed E-state index contributed by atoms with van der Waals surface area (Å²) in [5, 5.41) is 1.13. The summed E-state index contributed by atoms with van der Waals surface area (Å²) in [7, 11) is 0. The molecule has 0 spiro atoms. The minimum Gasteiger partial charge on any atom is -0.370 e. The van der Waals surface area contributed by atoms with E-state index in [2.05, 4.69) is 34.7 Å². The quantitative estimate of drug-likeness (QED) is 0.786. The van der Waals surface area contributed by atoms with Crippen LogP contribution >= 0.6 is 0 Å². The normalized spacial score (nSPS) is 17.0. The Morgan fingerprint density at radius 3 is 2.85 bits per heavy atom. The third-order valence-corrected chi connectivity index (χ3v) is 3.92.